The van der Waals surface area contributed by atoms with E-state index in [0.717, 1.165) is 0 Å². The van der Waals surface area contributed by atoms with Crippen LogP contribution in [0, 0.1) is 17.8 Å². The first kappa shape index (κ1) is 5.77. The van der Waals surface area contributed by atoms with Crippen LogP contribution in [0.15, 0.2) is 24.4 Å². The average Bonchev–Trinajstić information content (AvgIpc) is 1.91. The summed E-state index contributed by atoms with van der Waals surface area (Å²) >= 11 is 0. The zero-order valence-electron chi connectivity index (χ0n) is 4.78. The standard InChI is InChI=1S/C7H5N2/c8-5-4-7-3-1-2-6-9-7/h1-4,6H. The zero-order valence-corrected chi connectivity index (χ0v) is 4.78. The van der Waals surface area contributed by atoms with Crippen molar-refractivity contribution in [3.05, 3.63) is 36.5 Å². The van der Waals surface area contributed by atoms with E-state index in [1.807, 2.05) is 18.2 Å². The molecule has 1 aromatic heterocycles. The number of pyridine rings is 1. The van der Waals surface area contributed by atoms with E-state index in [-0.39, 0.29) is 0 Å². The summed E-state index contributed by atoms with van der Waals surface area (Å²) in [7, 11) is 0. The molecular formula is C7H5N2. The van der Waals surface area contributed by atoms with Gasteiger partial charge < -0.3 is 0 Å². The van der Waals surface area contributed by atoms with Gasteiger partial charge in [-0.1, -0.05) is 6.07 Å². The summed E-state index contributed by atoms with van der Waals surface area (Å²) in [5, 5.41) is 8.17. The van der Waals surface area contributed by atoms with Crippen LogP contribution >= 0.6 is 0 Å². The third-order valence-corrected chi connectivity index (χ3v) is 0.900. The lowest BCUT2D eigenvalue weighted by Gasteiger charge is -1.86. The van der Waals surface area contributed by atoms with Crippen molar-refractivity contribution in [3.63, 3.8) is 0 Å². The summed E-state index contributed by atoms with van der Waals surface area (Å²) in [6, 6.07) is 7.34. The molecule has 0 aliphatic carbocycles. The van der Waals surface area contributed by atoms with Gasteiger partial charge in [0.15, 0.2) is 0 Å². The highest BCUT2D eigenvalue weighted by molar-refractivity contribution is 5.20. The van der Waals surface area contributed by atoms with Gasteiger partial charge in [0.1, 0.15) is 6.42 Å². The van der Waals surface area contributed by atoms with Crippen LogP contribution in [-0.4, -0.2) is 4.98 Å². The Kier molecular flexibility index (Phi) is 1.81. The molecule has 0 unspecified atom stereocenters. The van der Waals surface area contributed by atoms with E-state index in [2.05, 4.69) is 4.98 Å². The monoisotopic (exact) mass is 117 g/mol. The Bertz CT molecular complexity index is 210. The quantitative estimate of drug-likeness (QED) is 0.553. The minimum absolute atomic E-state index is 0.708. The topological polar surface area (TPSA) is 36.7 Å². The Morgan fingerprint density at radius 1 is 1.56 bits per heavy atom. The van der Waals surface area contributed by atoms with E-state index < -0.39 is 0 Å². The minimum Gasteiger partial charge on any atom is -0.260 e. The first-order valence-corrected chi connectivity index (χ1v) is 2.57. The molecule has 1 aromatic rings. The molecule has 1 radical (unpaired) electrons. The smallest absolute Gasteiger partial charge is 0.110 e. The molecule has 0 amide bonds. The van der Waals surface area contributed by atoms with Crippen molar-refractivity contribution in [3.8, 4) is 6.07 Å². The molecule has 2 nitrogen and oxygen atoms in total. The third kappa shape index (κ3) is 1.54. The maximum atomic E-state index is 8.17. The Hall–Kier alpha value is -1.36. The van der Waals surface area contributed by atoms with E-state index in [1.165, 1.54) is 6.42 Å². The Morgan fingerprint density at radius 3 is 3.00 bits per heavy atom. The normalized spacial score (nSPS) is 8.33. The summed E-state index contributed by atoms with van der Waals surface area (Å²) in [4.78, 5) is 3.89. The van der Waals surface area contributed by atoms with E-state index in [9.17, 15) is 0 Å². The Labute approximate surface area is 53.8 Å². The first-order chi connectivity index (χ1) is 4.43. The largest absolute Gasteiger partial charge is 0.260 e. The lowest BCUT2D eigenvalue weighted by molar-refractivity contribution is 1.23. The lowest BCUT2D eigenvalue weighted by atomic mass is 10.3. The second-order valence-electron chi connectivity index (χ2n) is 1.53. The molecule has 0 bridgehead atoms. The molecular weight excluding hydrogens is 112 g/mol. The summed E-state index contributed by atoms with van der Waals surface area (Å²) in [5.41, 5.74) is 0.708. The number of aromatic nitrogens is 1. The van der Waals surface area contributed by atoms with Crippen LogP contribution in [0.1, 0.15) is 5.69 Å². The molecule has 0 N–H and O–H groups in total. The second kappa shape index (κ2) is 2.83. The SMILES string of the molecule is N#C[CH]c1ccccn1. The fourth-order valence-corrected chi connectivity index (χ4v) is 0.527. The van der Waals surface area contributed by atoms with Gasteiger partial charge in [0.05, 0.1) is 11.8 Å². The molecule has 0 spiro atoms. The predicted octanol–water partition coefficient (Wildman–Crippen LogP) is 1.16. The Balaban J connectivity index is 2.76. The van der Waals surface area contributed by atoms with Crippen molar-refractivity contribution in [1.29, 1.82) is 5.26 Å². The molecule has 1 heterocycles. The maximum absolute atomic E-state index is 8.17. The van der Waals surface area contributed by atoms with E-state index >= 15 is 0 Å². The van der Waals surface area contributed by atoms with Gasteiger partial charge >= 0.3 is 0 Å². The molecule has 2 heteroatoms. The van der Waals surface area contributed by atoms with Gasteiger partial charge in [-0.2, -0.15) is 5.26 Å². The number of rotatable bonds is 1. The molecule has 0 fully saturated rings. The zero-order chi connectivity index (χ0) is 6.53. The molecule has 0 aliphatic rings. The minimum atomic E-state index is 0.708. The van der Waals surface area contributed by atoms with Gasteiger partial charge in [-0.05, 0) is 12.1 Å². The summed E-state index contributed by atoms with van der Waals surface area (Å²) < 4.78 is 0. The van der Waals surface area contributed by atoms with Crippen molar-refractivity contribution in [2.45, 2.75) is 0 Å². The molecule has 0 aliphatic heterocycles. The van der Waals surface area contributed by atoms with Crippen molar-refractivity contribution >= 4 is 0 Å². The molecule has 43 valence electrons. The van der Waals surface area contributed by atoms with Crippen molar-refractivity contribution < 1.29 is 0 Å². The van der Waals surface area contributed by atoms with Crippen LogP contribution in [0.25, 0.3) is 0 Å². The molecule has 0 saturated carbocycles. The van der Waals surface area contributed by atoms with Crippen LogP contribution in [-0.2, 0) is 0 Å². The number of hydrogen-bond acceptors (Lipinski definition) is 2. The summed E-state index contributed by atoms with van der Waals surface area (Å²) in [6.45, 7) is 0. The maximum Gasteiger partial charge on any atom is 0.110 e. The first-order valence-electron chi connectivity index (χ1n) is 2.57. The Morgan fingerprint density at radius 2 is 2.44 bits per heavy atom. The fraction of sp³-hybridized carbons (Fsp3) is 0. The highest BCUT2D eigenvalue weighted by atomic mass is 14.7. The molecule has 1 rings (SSSR count). The summed E-state index contributed by atoms with van der Waals surface area (Å²) in [6.07, 6.45) is 3.06. The van der Waals surface area contributed by atoms with E-state index in [4.69, 9.17) is 5.26 Å². The third-order valence-electron chi connectivity index (χ3n) is 0.900. The van der Waals surface area contributed by atoms with Gasteiger partial charge in [0.2, 0.25) is 0 Å². The van der Waals surface area contributed by atoms with Crippen LogP contribution in [0.4, 0.5) is 0 Å². The van der Waals surface area contributed by atoms with E-state index in [0.29, 0.717) is 5.69 Å². The van der Waals surface area contributed by atoms with Crippen molar-refractivity contribution in [1.82, 2.24) is 4.98 Å². The predicted molar refractivity (Wildman–Crippen MR) is 33.3 cm³/mol. The molecule has 9 heavy (non-hydrogen) atoms. The number of hydrogen-bond donors (Lipinski definition) is 0. The van der Waals surface area contributed by atoms with Crippen LogP contribution in [0.2, 0.25) is 0 Å². The molecule has 0 atom stereocenters. The van der Waals surface area contributed by atoms with Gasteiger partial charge in [-0.3, -0.25) is 4.98 Å². The number of nitrogens with zero attached hydrogens (tertiary/aromatic N) is 2. The highest BCUT2D eigenvalue weighted by Crippen LogP contribution is 1.93. The van der Waals surface area contributed by atoms with Gasteiger partial charge in [-0.25, -0.2) is 0 Å². The molecule has 0 saturated heterocycles. The van der Waals surface area contributed by atoms with Crippen LogP contribution < -0.4 is 0 Å². The van der Waals surface area contributed by atoms with Crippen LogP contribution in [0.5, 0.6) is 0 Å². The van der Waals surface area contributed by atoms with Gasteiger partial charge in [-0.15, -0.1) is 0 Å². The van der Waals surface area contributed by atoms with Gasteiger partial charge in [0, 0.05) is 6.20 Å². The van der Waals surface area contributed by atoms with Crippen molar-refractivity contribution in [2.24, 2.45) is 0 Å². The average molecular weight is 117 g/mol. The number of nitriles is 1. The van der Waals surface area contributed by atoms with E-state index in [1.54, 1.807) is 12.3 Å². The lowest BCUT2D eigenvalue weighted by Crippen LogP contribution is -1.80. The van der Waals surface area contributed by atoms with Crippen LogP contribution in [0.3, 0.4) is 0 Å². The second-order valence-corrected chi connectivity index (χ2v) is 1.53. The fourth-order valence-electron chi connectivity index (χ4n) is 0.527. The molecule has 0 aromatic carbocycles. The summed E-state index contributed by atoms with van der Waals surface area (Å²) in [5.74, 6) is 0. The van der Waals surface area contributed by atoms with Gasteiger partial charge in [0.25, 0.3) is 0 Å². The highest BCUT2D eigenvalue weighted by Gasteiger charge is 1.87. The van der Waals surface area contributed by atoms with Crippen molar-refractivity contribution in [2.75, 3.05) is 0 Å².